The number of aliphatic hydroxyl groups excluding tert-OH is 1. The van der Waals surface area contributed by atoms with Crippen LogP contribution in [0.15, 0.2) is 25.3 Å². The van der Waals surface area contributed by atoms with Gasteiger partial charge in [0.25, 0.3) is 0 Å². The van der Waals surface area contributed by atoms with Crippen molar-refractivity contribution in [2.24, 2.45) is 11.8 Å². The van der Waals surface area contributed by atoms with Gasteiger partial charge in [-0.3, -0.25) is 14.4 Å². The normalized spacial score (nSPS) is 33.1. The monoisotopic (exact) mass is 460 g/mol. The van der Waals surface area contributed by atoms with Crippen LogP contribution in [0.25, 0.3) is 0 Å². The fourth-order valence-electron chi connectivity index (χ4n) is 6.50. The van der Waals surface area contributed by atoms with Gasteiger partial charge in [0.1, 0.15) is 11.6 Å². The molecule has 182 valence electrons. The van der Waals surface area contributed by atoms with Gasteiger partial charge in [-0.15, -0.1) is 13.2 Å². The van der Waals surface area contributed by atoms with Gasteiger partial charge in [0.05, 0.1) is 31.2 Å². The molecule has 4 aliphatic rings. The quantitative estimate of drug-likeness (QED) is 0.304. The Bertz CT molecular complexity index is 794. The lowest BCUT2D eigenvalue weighted by atomic mass is 9.70. The van der Waals surface area contributed by atoms with Gasteiger partial charge in [0, 0.05) is 19.1 Å². The molecular weight excluding hydrogens is 424 g/mol. The van der Waals surface area contributed by atoms with Crippen molar-refractivity contribution in [1.29, 1.82) is 0 Å². The number of amides is 2. The number of carbonyl (C=O) groups is 3. The van der Waals surface area contributed by atoms with Crippen molar-refractivity contribution in [1.82, 2.24) is 9.80 Å². The standard InChI is InChI=1S/C25H36N2O6/c1-3-5-16-32-24(31)19-18-11-12-25(33-18)20(19)22(29)27(14-15-28)21(25)23(30)26(13-4-2)17-9-7-6-8-10-17/h3-4,17-21,28H,1-2,5-16H2/t18-,19+,20+,21?,25?/m1/s1. The molecule has 8 heteroatoms. The van der Waals surface area contributed by atoms with E-state index in [0.717, 1.165) is 32.1 Å². The molecule has 3 aliphatic heterocycles. The molecular formula is C25H36N2O6. The maximum absolute atomic E-state index is 14.1. The Morgan fingerprint density at radius 1 is 1.21 bits per heavy atom. The maximum Gasteiger partial charge on any atom is 0.312 e. The van der Waals surface area contributed by atoms with E-state index in [0.29, 0.717) is 25.8 Å². The second-order valence-electron chi connectivity index (χ2n) is 9.63. The summed E-state index contributed by atoms with van der Waals surface area (Å²) in [7, 11) is 0. The third-order valence-electron chi connectivity index (χ3n) is 7.84. The number of fused-ring (bicyclic) bond motifs is 1. The van der Waals surface area contributed by atoms with E-state index in [2.05, 4.69) is 13.2 Å². The summed E-state index contributed by atoms with van der Waals surface area (Å²) in [6.45, 7) is 7.86. The zero-order valence-electron chi connectivity index (χ0n) is 19.3. The molecule has 4 fully saturated rings. The number of ether oxygens (including phenoxy) is 2. The SMILES string of the molecule is C=CCCOC(=O)[C@@H]1[C@H]2C(=O)N(CCO)C(C(=O)N(CC=C)C3CCCCC3)C23CC[C@H]1O3. The van der Waals surface area contributed by atoms with E-state index < -0.39 is 35.6 Å². The van der Waals surface area contributed by atoms with Crippen molar-refractivity contribution in [2.75, 3.05) is 26.3 Å². The molecule has 33 heavy (non-hydrogen) atoms. The molecule has 8 nitrogen and oxygen atoms in total. The molecule has 5 atom stereocenters. The summed E-state index contributed by atoms with van der Waals surface area (Å²) < 4.78 is 11.8. The van der Waals surface area contributed by atoms with Gasteiger partial charge in [0.15, 0.2) is 0 Å². The molecule has 1 spiro atoms. The zero-order valence-corrected chi connectivity index (χ0v) is 19.3. The molecule has 3 saturated heterocycles. The number of likely N-dealkylation sites (tertiary alicyclic amines) is 1. The fourth-order valence-corrected chi connectivity index (χ4v) is 6.50. The van der Waals surface area contributed by atoms with Crippen molar-refractivity contribution in [3.8, 4) is 0 Å². The lowest BCUT2D eigenvalue weighted by Gasteiger charge is -2.40. The van der Waals surface area contributed by atoms with Gasteiger partial charge >= 0.3 is 5.97 Å². The first kappa shape index (κ1) is 24.0. The molecule has 1 N–H and O–H groups in total. The average Bonchev–Trinajstić information content (AvgIpc) is 3.46. The molecule has 1 saturated carbocycles. The molecule has 2 amide bonds. The highest BCUT2D eigenvalue weighted by Gasteiger charge is 2.75. The smallest absolute Gasteiger partial charge is 0.312 e. The minimum absolute atomic E-state index is 0.0341. The van der Waals surface area contributed by atoms with Crippen molar-refractivity contribution in [2.45, 2.75) is 75.2 Å². The molecule has 4 rings (SSSR count). The second-order valence-corrected chi connectivity index (χ2v) is 9.63. The van der Waals surface area contributed by atoms with E-state index in [1.165, 1.54) is 4.90 Å². The van der Waals surface area contributed by atoms with Crippen molar-refractivity contribution in [3.63, 3.8) is 0 Å². The highest BCUT2D eigenvalue weighted by Crippen LogP contribution is 2.58. The largest absolute Gasteiger partial charge is 0.465 e. The van der Waals surface area contributed by atoms with Gasteiger partial charge < -0.3 is 24.4 Å². The number of nitrogens with zero attached hydrogens (tertiary/aromatic N) is 2. The van der Waals surface area contributed by atoms with Crippen LogP contribution in [-0.4, -0.2) is 82.8 Å². The van der Waals surface area contributed by atoms with E-state index in [9.17, 15) is 19.5 Å². The third kappa shape index (κ3) is 4.01. The molecule has 1 aliphatic carbocycles. The number of esters is 1. The number of hydrogen-bond acceptors (Lipinski definition) is 6. The van der Waals surface area contributed by atoms with Crippen LogP contribution < -0.4 is 0 Å². The number of rotatable bonds is 10. The van der Waals surface area contributed by atoms with E-state index in [1.54, 1.807) is 12.2 Å². The Morgan fingerprint density at radius 3 is 2.64 bits per heavy atom. The van der Waals surface area contributed by atoms with Crippen LogP contribution in [-0.2, 0) is 23.9 Å². The predicted molar refractivity (Wildman–Crippen MR) is 121 cm³/mol. The first-order valence-electron chi connectivity index (χ1n) is 12.3. The van der Waals surface area contributed by atoms with Crippen LogP contribution in [0.3, 0.4) is 0 Å². The van der Waals surface area contributed by atoms with Crippen LogP contribution >= 0.6 is 0 Å². The van der Waals surface area contributed by atoms with Gasteiger partial charge in [-0.1, -0.05) is 31.4 Å². The van der Waals surface area contributed by atoms with Crippen LogP contribution in [0.1, 0.15) is 51.4 Å². The number of carbonyl (C=O) groups excluding carboxylic acids is 3. The molecule has 2 bridgehead atoms. The van der Waals surface area contributed by atoms with Crippen LogP contribution in [0.5, 0.6) is 0 Å². The number of β-amino-alcohol motifs (C(OH)–C–C–N with tert-alkyl or cyclic N) is 1. The summed E-state index contributed by atoms with van der Waals surface area (Å²) >= 11 is 0. The highest BCUT2D eigenvalue weighted by molar-refractivity contribution is 5.98. The van der Waals surface area contributed by atoms with Crippen molar-refractivity contribution >= 4 is 17.8 Å². The van der Waals surface area contributed by atoms with Crippen LogP contribution in [0.4, 0.5) is 0 Å². The third-order valence-corrected chi connectivity index (χ3v) is 7.84. The van der Waals surface area contributed by atoms with Crippen molar-refractivity contribution < 1.29 is 29.0 Å². The minimum Gasteiger partial charge on any atom is -0.465 e. The highest BCUT2D eigenvalue weighted by atomic mass is 16.6. The zero-order chi connectivity index (χ0) is 23.6. The molecule has 0 aromatic carbocycles. The number of aliphatic hydroxyl groups is 1. The molecule has 0 aromatic heterocycles. The summed E-state index contributed by atoms with van der Waals surface area (Å²) in [6, 6.07) is -0.746. The Hall–Kier alpha value is -2.19. The Kier molecular flexibility index (Phi) is 7.24. The Balaban J connectivity index is 1.65. The van der Waals surface area contributed by atoms with Crippen LogP contribution in [0.2, 0.25) is 0 Å². The fraction of sp³-hybridized carbons (Fsp3) is 0.720. The summed E-state index contributed by atoms with van der Waals surface area (Å²) in [4.78, 5) is 43.9. The first-order chi connectivity index (χ1) is 16.0. The summed E-state index contributed by atoms with van der Waals surface area (Å²) in [6.07, 6.45) is 9.80. The van der Waals surface area contributed by atoms with E-state index >= 15 is 0 Å². The molecule has 3 heterocycles. The summed E-state index contributed by atoms with van der Waals surface area (Å²) in [5, 5.41) is 9.71. The van der Waals surface area contributed by atoms with E-state index in [-0.39, 0.29) is 37.6 Å². The molecule has 2 unspecified atom stereocenters. The Labute approximate surface area is 195 Å². The number of hydrogen-bond donors (Lipinski definition) is 1. The van der Waals surface area contributed by atoms with Gasteiger partial charge in [-0.2, -0.15) is 0 Å². The van der Waals surface area contributed by atoms with Crippen molar-refractivity contribution in [3.05, 3.63) is 25.3 Å². The summed E-state index contributed by atoms with van der Waals surface area (Å²) in [5.74, 6) is -2.39. The van der Waals surface area contributed by atoms with Gasteiger partial charge in [0.2, 0.25) is 11.8 Å². The molecule has 0 aromatic rings. The lowest BCUT2D eigenvalue weighted by Crippen LogP contribution is -2.58. The predicted octanol–water partition coefficient (Wildman–Crippen LogP) is 1.82. The van der Waals surface area contributed by atoms with E-state index in [1.807, 2.05) is 4.90 Å². The van der Waals surface area contributed by atoms with Gasteiger partial charge in [-0.05, 0) is 32.1 Å². The van der Waals surface area contributed by atoms with E-state index in [4.69, 9.17) is 9.47 Å². The lowest BCUT2D eigenvalue weighted by molar-refractivity contribution is -0.155. The van der Waals surface area contributed by atoms with Crippen LogP contribution in [0, 0.1) is 11.8 Å². The Morgan fingerprint density at radius 2 is 1.97 bits per heavy atom. The maximum atomic E-state index is 14.1. The van der Waals surface area contributed by atoms with Gasteiger partial charge in [-0.25, -0.2) is 0 Å². The summed E-state index contributed by atoms with van der Waals surface area (Å²) in [5.41, 5.74) is -1.05. The average molecular weight is 461 g/mol. The topological polar surface area (TPSA) is 96.4 Å². The second kappa shape index (κ2) is 9.97. The molecule has 0 radical (unpaired) electrons. The first-order valence-corrected chi connectivity index (χ1v) is 12.3. The minimum atomic E-state index is -1.05.